The molecule has 0 radical (unpaired) electrons. The number of fused-ring (bicyclic) bond motifs is 1. The molecule has 1 N–H and O–H groups in total. The molecule has 1 aliphatic rings. The molecule has 2 aromatic carbocycles. The minimum atomic E-state index is -0.450. The second-order valence-corrected chi connectivity index (χ2v) is 7.36. The summed E-state index contributed by atoms with van der Waals surface area (Å²) in [6, 6.07) is 12.9. The molecule has 9 heteroatoms. The molecule has 0 aliphatic carbocycles. The molecule has 0 saturated carbocycles. The number of piperazine rings is 1. The first-order valence-electron chi connectivity index (χ1n) is 9.79. The van der Waals surface area contributed by atoms with Crippen LogP contribution in [0.25, 0.3) is 16.6 Å². The highest BCUT2D eigenvalue weighted by molar-refractivity contribution is 6.30. The Morgan fingerprint density at radius 1 is 1.23 bits per heavy atom. The van der Waals surface area contributed by atoms with Crippen LogP contribution in [0.5, 0.6) is 0 Å². The van der Waals surface area contributed by atoms with Crippen molar-refractivity contribution in [2.45, 2.75) is 6.54 Å². The van der Waals surface area contributed by atoms with Crippen molar-refractivity contribution in [3.8, 4) is 11.8 Å². The number of aromatic nitrogens is 2. The minimum absolute atomic E-state index is 0.194. The zero-order chi connectivity index (χ0) is 22.2. The SMILES string of the molecule is COCC#N.O=c1c2cc(F)ccc2nc(CN2CCNCC2)n1-c1ccc(Cl)cc1. The number of methoxy groups -OCH3 is 1. The molecule has 1 aliphatic heterocycles. The molecule has 0 amide bonds. The molecule has 3 aromatic rings. The van der Waals surface area contributed by atoms with E-state index in [1.807, 2.05) is 0 Å². The van der Waals surface area contributed by atoms with Gasteiger partial charge >= 0.3 is 0 Å². The van der Waals surface area contributed by atoms with E-state index in [1.54, 1.807) is 41.0 Å². The molecule has 162 valence electrons. The van der Waals surface area contributed by atoms with Crippen LogP contribution in [0.2, 0.25) is 5.02 Å². The summed E-state index contributed by atoms with van der Waals surface area (Å²) in [6.07, 6.45) is 0. The molecule has 4 rings (SSSR count). The van der Waals surface area contributed by atoms with E-state index in [9.17, 15) is 9.18 Å². The number of ether oxygens (including phenoxy) is 1. The fourth-order valence-electron chi connectivity index (χ4n) is 3.30. The highest BCUT2D eigenvalue weighted by Gasteiger charge is 2.17. The average Bonchev–Trinajstić information content (AvgIpc) is 2.77. The fraction of sp³-hybridized carbons (Fsp3) is 0.318. The molecule has 0 atom stereocenters. The van der Waals surface area contributed by atoms with Gasteiger partial charge in [0.2, 0.25) is 0 Å². The monoisotopic (exact) mass is 443 g/mol. The Bertz CT molecular complexity index is 1120. The zero-order valence-corrected chi connectivity index (χ0v) is 17.9. The van der Waals surface area contributed by atoms with E-state index in [-0.39, 0.29) is 17.6 Å². The summed E-state index contributed by atoms with van der Waals surface area (Å²) >= 11 is 5.98. The quantitative estimate of drug-likeness (QED) is 0.667. The zero-order valence-electron chi connectivity index (χ0n) is 17.1. The number of nitriles is 1. The van der Waals surface area contributed by atoms with Gasteiger partial charge in [-0.1, -0.05) is 11.6 Å². The van der Waals surface area contributed by atoms with E-state index in [0.29, 0.717) is 28.6 Å². The Hall–Kier alpha value is -2.83. The van der Waals surface area contributed by atoms with Gasteiger partial charge in [0.15, 0.2) is 0 Å². The van der Waals surface area contributed by atoms with Crippen molar-refractivity contribution in [2.75, 3.05) is 39.9 Å². The standard InChI is InChI=1S/C19H18ClFN4O.C3H5NO/c20-13-1-4-15(5-2-13)25-18(12-24-9-7-22-8-10-24)23-17-6-3-14(21)11-16(17)19(25)26;1-5-3-2-4/h1-6,11,22H,7-10,12H2;3H2,1H3. The maximum absolute atomic E-state index is 13.7. The Morgan fingerprint density at radius 3 is 2.55 bits per heavy atom. The normalized spacial score (nSPS) is 14.0. The van der Waals surface area contributed by atoms with Gasteiger partial charge in [-0.15, -0.1) is 0 Å². The van der Waals surface area contributed by atoms with Gasteiger partial charge in [0.25, 0.3) is 5.56 Å². The van der Waals surface area contributed by atoms with Crippen molar-refractivity contribution in [1.82, 2.24) is 19.8 Å². The van der Waals surface area contributed by atoms with Gasteiger partial charge in [-0.3, -0.25) is 14.3 Å². The number of halogens is 2. The molecular weight excluding hydrogens is 421 g/mol. The van der Waals surface area contributed by atoms with Crippen molar-refractivity contribution < 1.29 is 9.13 Å². The number of nitrogens with zero attached hydrogens (tertiary/aromatic N) is 4. The van der Waals surface area contributed by atoms with Gasteiger partial charge in [-0.25, -0.2) is 9.37 Å². The van der Waals surface area contributed by atoms with Gasteiger partial charge in [0.05, 0.1) is 29.2 Å². The lowest BCUT2D eigenvalue weighted by molar-refractivity contribution is 0.226. The lowest BCUT2D eigenvalue weighted by Crippen LogP contribution is -2.44. The molecule has 1 aromatic heterocycles. The van der Waals surface area contributed by atoms with Crippen LogP contribution in [0.1, 0.15) is 5.82 Å². The Labute approximate surface area is 184 Å². The van der Waals surface area contributed by atoms with Gasteiger partial charge in [-0.05, 0) is 42.5 Å². The van der Waals surface area contributed by atoms with E-state index < -0.39 is 5.82 Å². The third kappa shape index (κ3) is 5.87. The number of hydrogen-bond acceptors (Lipinski definition) is 6. The Balaban J connectivity index is 0.000000491. The second kappa shape index (κ2) is 11.0. The van der Waals surface area contributed by atoms with Crippen molar-refractivity contribution in [2.24, 2.45) is 0 Å². The largest absolute Gasteiger partial charge is 0.370 e. The van der Waals surface area contributed by atoms with E-state index >= 15 is 0 Å². The third-order valence-electron chi connectivity index (χ3n) is 4.77. The highest BCUT2D eigenvalue weighted by Crippen LogP contribution is 2.18. The molecule has 0 spiro atoms. The molecule has 0 bridgehead atoms. The van der Waals surface area contributed by atoms with Crippen LogP contribution in [-0.4, -0.2) is 54.3 Å². The number of benzene rings is 2. The molecule has 1 saturated heterocycles. The second-order valence-electron chi connectivity index (χ2n) is 6.92. The maximum atomic E-state index is 13.7. The van der Waals surface area contributed by atoms with E-state index in [0.717, 1.165) is 26.2 Å². The molecule has 31 heavy (non-hydrogen) atoms. The van der Waals surface area contributed by atoms with Crippen LogP contribution < -0.4 is 10.9 Å². The fourth-order valence-corrected chi connectivity index (χ4v) is 3.43. The van der Waals surface area contributed by atoms with Crippen LogP contribution in [0.3, 0.4) is 0 Å². The van der Waals surface area contributed by atoms with Gasteiger partial charge in [-0.2, -0.15) is 5.26 Å². The van der Waals surface area contributed by atoms with Gasteiger partial charge in [0, 0.05) is 38.3 Å². The van der Waals surface area contributed by atoms with Crippen LogP contribution >= 0.6 is 11.6 Å². The predicted molar refractivity (Wildman–Crippen MR) is 118 cm³/mol. The molecule has 7 nitrogen and oxygen atoms in total. The van der Waals surface area contributed by atoms with E-state index in [2.05, 4.69) is 19.9 Å². The first kappa shape index (κ1) is 22.8. The minimum Gasteiger partial charge on any atom is -0.370 e. The van der Waals surface area contributed by atoms with Gasteiger partial charge in [0.1, 0.15) is 18.2 Å². The lowest BCUT2D eigenvalue weighted by Gasteiger charge is -2.27. The van der Waals surface area contributed by atoms with Crippen molar-refractivity contribution in [3.63, 3.8) is 0 Å². The van der Waals surface area contributed by atoms with Crippen LogP contribution in [-0.2, 0) is 11.3 Å². The summed E-state index contributed by atoms with van der Waals surface area (Å²) in [6.45, 7) is 4.33. The summed E-state index contributed by atoms with van der Waals surface area (Å²) in [5.74, 6) is 0.187. The summed E-state index contributed by atoms with van der Waals surface area (Å²) in [5.41, 5.74) is 0.900. The van der Waals surface area contributed by atoms with Crippen LogP contribution in [0.4, 0.5) is 4.39 Å². The van der Waals surface area contributed by atoms with Crippen molar-refractivity contribution in [3.05, 3.63) is 69.5 Å². The van der Waals surface area contributed by atoms with Crippen LogP contribution in [0, 0.1) is 17.1 Å². The van der Waals surface area contributed by atoms with Crippen molar-refractivity contribution >= 4 is 22.5 Å². The predicted octanol–water partition coefficient (Wildman–Crippen LogP) is 2.74. The average molecular weight is 444 g/mol. The molecule has 1 fully saturated rings. The van der Waals surface area contributed by atoms with Crippen molar-refractivity contribution in [1.29, 1.82) is 5.26 Å². The summed E-state index contributed by atoms with van der Waals surface area (Å²) in [4.78, 5) is 20.0. The summed E-state index contributed by atoms with van der Waals surface area (Å²) < 4.78 is 19.6. The molecule has 2 heterocycles. The number of hydrogen-bond donors (Lipinski definition) is 1. The molecular formula is C22H23ClFN5O2. The van der Waals surface area contributed by atoms with Crippen LogP contribution in [0.15, 0.2) is 47.3 Å². The number of nitrogens with one attached hydrogen (secondary N) is 1. The Kier molecular flexibility index (Phi) is 8.09. The topological polar surface area (TPSA) is 83.2 Å². The Morgan fingerprint density at radius 2 is 1.94 bits per heavy atom. The van der Waals surface area contributed by atoms with Gasteiger partial charge < -0.3 is 10.1 Å². The first-order valence-corrected chi connectivity index (χ1v) is 10.2. The maximum Gasteiger partial charge on any atom is 0.266 e. The highest BCUT2D eigenvalue weighted by atomic mass is 35.5. The summed E-state index contributed by atoms with van der Waals surface area (Å²) in [5, 5.41) is 11.9. The summed E-state index contributed by atoms with van der Waals surface area (Å²) in [7, 11) is 1.49. The smallest absolute Gasteiger partial charge is 0.266 e. The molecule has 0 unspecified atom stereocenters. The lowest BCUT2D eigenvalue weighted by atomic mass is 10.2. The van der Waals surface area contributed by atoms with E-state index in [4.69, 9.17) is 16.9 Å². The third-order valence-corrected chi connectivity index (χ3v) is 5.02. The number of rotatable bonds is 4. The first-order chi connectivity index (χ1) is 15.0. The van der Waals surface area contributed by atoms with E-state index in [1.165, 1.54) is 19.2 Å².